The average molecular weight is 402 g/mol. The van der Waals surface area contributed by atoms with Crippen LogP contribution in [0.2, 0.25) is 0 Å². The quantitative estimate of drug-likeness (QED) is 0.770. The van der Waals surface area contributed by atoms with Crippen LogP contribution in [0, 0.1) is 5.82 Å². The van der Waals surface area contributed by atoms with E-state index in [2.05, 4.69) is 15.6 Å². The molecule has 1 aromatic carbocycles. The minimum atomic E-state index is -0.594. The van der Waals surface area contributed by atoms with Crippen molar-refractivity contribution in [3.63, 3.8) is 0 Å². The number of hydrogen-bond acceptors (Lipinski definition) is 5. The molecule has 0 spiro atoms. The van der Waals surface area contributed by atoms with Crippen molar-refractivity contribution in [2.75, 3.05) is 24.7 Å². The van der Waals surface area contributed by atoms with Gasteiger partial charge in [0.1, 0.15) is 17.7 Å². The molecule has 0 bridgehead atoms. The molecule has 3 rings (SSSR count). The topological polar surface area (TPSA) is 74.3 Å². The fourth-order valence-electron chi connectivity index (χ4n) is 2.85. The molecule has 2 aromatic rings. The van der Waals surface area contributed by atoms with Crippen molar-refractivity contribution in [3.8, 4) is 0 Å². The van der Waals surface area contributed by atoms with Crippen molar-refractivity contribution in [3.05, 3.63) is 59.5 Å². The van der Waals surface area contributed by atoms with Gasteiger partial charge in [0.25, 0.3) is 0 Å². The van der Waals surface area contributed by atoms with Gasteiger partial charge in [-0.05, 0) is 29.7 Å². The highest BCUT2D eigenvalue weighted by molar-refractivity contribution is 8.00. The zero-order valence-electron chi connectivity index (χ0n) is 15.8. The van der Waals surface area contributed by atoms with Crippen LogP contribution < -0.4 is 15.5 Å². The number of rotatable bonds is 6. The van der Waals surface area contributed by atoms with Gasteiger partial charge in [-0.3, -0.25) is 9.59 Å². The zero-order valence-corrected chi connectivity index (χ0v) is 16.6. The predicted molar refractivity (Wildman–Crippen MR) is 109 cm³/mol. The van der Waals surface area contributed by atoms with Crippen molar-refractivity contribution >= 4 is 29.4 Å². The second-order valence-electron chi connectivity index (χ2n) is 6.82. The number of thioether (sulfide) groups is 1. The number of carbonyl (C=O) groups excluding carboxylic acids is 2. The molecule has 1 saturated heterocycles. The minimum Gasteiger partial charge on any atom is -0.363 e. The fraction of sp³-hybridized carbons (Fsp3) is 0.350. The van der Waals surface area contributed by atoms with Crippen LogP contribution in [0.3, 0.4) is 0 Å². The molecule has 2 atom stereocenters. The Morgan fingerprint density at radius 2 is 2.11 bits per heavy atom. The Hall–Kier alpha value is -2.61. The molecule has 0 aliphatic carbocycles. The van der Waals surface area contributed by atoms with E-state index in [9.17, 15) is 14.0 Å². The molecule has 148 valence electrons. The van der Waals surface area contributed by atoms with E-state index in [1.54, 1.807) is 24.4 Å². The highest BCUT2D eigenvalue weighted by atomic mass is 32.2. The van der Waals surface area contributed by atoms with E-state index in [1.807, 2.05) is 31.1 Å². The van der Waals surface area contributed by atoms with Gasteiger partial charge in [0.05, 0.1) is 5.25 Å². The van der Waals surface area contributed by atoms with Gasteiger partial charge < -0.3 is 15.5 Å². The van der Waals surface area contributed by atoms with Crippen LogP contribution >= 0.6 is 11.8 Å². The lowest BCUT2D eigenvalue weighted by Gasteiger charge is -2.28. The van der Waals surface area contributed by atoms with Crippen LogP contribution in [0.5, 0.6) is 0 Å². The summed E-state index contributed by atoms with van der Waals surface area (Å²) in [6.07, 6.45) is 2.02. The number of aromatic nitrogens is 1. The van der Waals surface area contributed by atoms with Crippen LogP contribution in [0.1, 0.15) is 11.1 Å². The summed E-state index contributed by atoms with van der Waals surface area (Å²) in [6.45, 7) is 0.342. The second-order valence-corrected chi connectivity index (χ2v) is 8.05. The number of nitrogens with zero attached hydrogens (tertiary/aromatic N) is 2. The number of hydrogen-bond donors (Lipinski definition) is 2. The zero-order chi connectivity index (χ0) is 20.1. The first-order valence-electron chi connectivity index (χ1n) is 8.99. The van der Waals surface area contributed by atoms with Gasteiger partial charge in [-0.2, -0.15) is 0 Å². The first-order chi connectivity index (χ1) is 13.4. The minimum absolute atomic E-state index is 0.234. The fourth-order valence-corrected chi connectivity index (χ4v) is 4.03. The summed E-state index contributed by atoms with van der Waals surface area (Å²) < 4.78 is 13.8. The monoisotopic (exact) mass is 402 g/mol. The smallest absolute Gasteiger partial charge is 0.243 e. The van der Waals surface area contributed by atoms with Gasteiger partial charge in [0.2, 0.25) is 11.8 Å². The van der Waals surface area contributed by atoms with Gasteiger partial charge in [-0.1, -0.05) is 24.3 Å². The van der Waals surface area contributed by atoms with Crippen molar-refractivity contribution in [1.29, 1.82) is 0 Å². The first-order valence-corrected chi connectivity index (χ1v) is 10.0. The molecule has 1 aliphatic rings. The Labute approximate surface area is 167 Å². The number of anilines is 1. The Kier molecular flexibility index (Phi) is 6.51. The molecule has 6 nitrogen and oxygen atoms in total. The number of amides is 2. The molecule has 1 fully saturated rings. The Morgan fingerprint density at radius 3 is 2.75 bits per heavy atom. The van der Waals surface area contributed by atoms with Crippen molar-refractivity contribution in [2.24, 2.45) is 0 Å². The van der Waals surface area contributed by atoms with E-state index in [0.717, 1.165) is 11.4 Å². The summed E-state index contributed by atoms with van der Waals surface area (Å²) >= 11 is 1.38. The molecule has 2 amide bonds. The molecule has 28 heavy (non-hydrogen) atoms. The van der Waals surface area contributed by atoms with E-state index < -0.39 is 11.3 Å². The van der Waals surface area contributed by atoms with E-state index in [4.69, 9.17) is 0 Å². The maximum Gasteiger partial charge on any atom is 0.243 e. The normalized spacial score (nSPS) is 19.0. The summed E-state index contributed by atoms with van der Waals surface area (Å²) in [6, 6.07) is 9.63. The summed E-state index contributed by atoms with van der Waals surface area (Å²) in [7, 11) is 3.82. The van der Waals surface area contributed by atoms with Gasteiger partial charge in [-0.15, -0.1) is 11.8 Å². The van der Waals surface area contributed by atoms with Gasteiger partial charge >= 0.3 is 0 Å². The SMILES string of the molecule is CN(C)c1ccc(CNC(=O)[C@H]2CS[C@@H](Cc3ccccc3F)C(=O)N2)cn1. The third-order valence-electron chi connectivity index (χ3n) is 4.49. The van der Waals surface area contributed by atoms with E-state index in [0.29, 0.717) is 24.3 Å². The largest absolute Gasteiger partial charge is 0.363 e. The summed E-state index contributed by atoms with van der Waals surface area (Å²) in [5, 5.41) is 5.18. The highest BCUT2D eigenvalue weighted by Crippen LogP contribution is 2.23. The van der Waals surface area contributed by atoms with Crippen LogP contribution in [-0.2, 0) is 22.6 Å². The molecule has 2 heterocycles. The second kappa shape index (κ2) is 9.05. The standard InChI is InChI=1S/C20H23FN4O2S/c1-25(2)18-8-7-13(10-22-18)11-23-19(26)16-12-28-17(20(27)24-16)9-14-5-3-4-6-15(14)21/h3-8,10,16-17H,9,11-12H2,1-2H3,(H,23,26)(H,24,27)/t16-,17+/m1/s1. The van der Waals surface area contributed by atoms with Crippen molar-refractivity contribution in [2.45, 2.75) is 24.3 Å². The number of nitrogens with one attached hydrogen (secondary N) is 2. The molecule has 1 aliphatic heterocycles. The number of halogens is 1. The molecular weight excluding hydrogens is 379 g/mol. The molecule has 0 saturated carbocycles. The van der Waals surface area contributed by atoms with Gasteiger partial charge in [0, 0.05) is 32.6 Å². The molecule has 2 N–H and O–H groups in total. The van der Waals surface area contributed by atoms with Crippen molar-refractivity contribution < 1.29 is 14.0 Å². The van der Waals surface area contributed by atoms with Gasteiger partial charge in [-0.25, -0.2) is 9.37 Å². The summed E-state index contributed by atoms with van der Waals surface area (Å²) in [5.74, 6) is 0.504. The lowest BCUT2D eigenvalue weighted by atomic mass is 10.1. The third kappa shape index (κ3) is 5.01. The van der Waals surface area contributed by atoms with Crippen molar-refractivity contribution in [1.82, 2.24) is 15.6 Å². The molecule has 0 radical (unpaired) electrons. The Bertz CT molecular complexity index is 844. The maximum atomic E-state index is 13.8. The van der Waals surface area contributed by atoms with E-state index in [-0.39, 0.29) is 17.6 Å². The molecule has 1 aromatic heterocycles. The summed E-state index contributed by atoms with van der Waals surface area (Å²) in [4.78, 5) is 30.9. The van der Waals surface area contributed by atoms with Crippen LogP contribution in [-0.4, -0.2) is 47.9 Å². The average Bonchev–Trinajstić information content (AvgIpc) is 2.69. The number of benzene rings is 1. The third-order valence-corrected chi connectivity index (χ3v) is 5.80. The van der Waals surface area contributed by atoms with Crippen LogP contribution in [0.4, 0.5) is 10.2 Å². The van der Waals surface area contributed by atoms with E-state index >= 15 is 0 Å². The highest BCUT2D eigenvalue weighted by Gasteiger charge is 2.32. The van der Waals surface area contributed by atoms with Gasteiger partial charge in [0.15, 0.2) is 0 Å². The lowest BCUT2D eigenvalue weighted by Crippen LogP contribution is -2.54. The number of pyridine rings is 1. The van der Waals surface area contributed by atoms with E-state index in [1.165, 1.54) is 17.8 Å². The molecule has 8 heteroatoms. The molecular formula is C20H23FN4O2S. The first kappa shape index (κ1) is 20.1. The molecule has 0 unspecified atom stereocenters. The van der Waals surface area contributed by atoms with Crippen LogP contribution in [0.25, 0.3) is 0 Å². The maximum absolute atomic E-state index is 13.8. The Morgan fingerprint density at radius 1 is 1.32 bits per heavy atom. The Balaban J connectivity index is 1.50. The summed E-state index contributed by atoms with van der Waals surface area (Å²) in [5.41, 5.74) is 1.39. The lowest BCUT2D eigenvalue weighted by molar-refractivity contribution is -0.128. The van der Waals surface area contributed by atoms with Crippen LogP contribution in [0.15, 0.2) is 42.6 Å². The predicted octanol–water partition coefficient (Wildman–Crippen LogP) is 1.75. The number of carbonyl (C=O) groups is 2.